The van der Waals surface area contributed by atoms with Gasteiger partial charge < -0.3 is 19.7 Å². The number of rotatable bonds is 8. The van der Waals surface area contributed by atoms with E-state index in [1.165, 1.54) is 14.2 Å². The van der Waals surface area contributed by atoms with E-state index in [2.05, 4.69) is 10.4 Å². The standard InChI is InChI=1S/C25H28N4O4/c1-32-22-14-20(25(31)28-12-6-7-13-28)21(15-23(22)33-2)27-24(30)11-10-18-16-26-29(17-18)19-8-4-3-5-9-19/h3-5,8-9,14-17H,6-7,10-13H2,1-2H3,(H,27,30). The molecular weight excluding hydrogens is 420 g/mol. The van der Waals surface area contributed by atoms with Gasteiger partial charge in [0.05, 0.1) is 37.4 Å². The van der Waals surface area contributed by atoms with Crippen molar-refractivity contribution in [3.05, 3.63) is 66.0 Å². The van der Waals surface area contributed by atoms with Crippen LogP contribution >= 0.6 is 0 Å². The summed E-state index contributed by atoms with van der Waals surface area (Å²) in [4.78, 5) is 27.7. The summed E-state index contributed by atoms with van der Waals surface area (Å²) < 4.78 is 12.5. The molecule has 172 valence electrons. The van der Waals surface area contributed by atoms with Gasteiger partial charge in [-0.2, -0.15) is 5.10 Å². The zero-order valence-electron chi connectivity index (χ0n) is 18.9. The maximum absolute atomic E-state index is 13.1. The molecule has 33 heavy (non-hydrogen) atoms. The molecule has 0 saturated carbocycles. The van der Waals surface area contributed by atoms with E-state index in [4.69, 9.17) is 9.47 Å². The quantitative estimate of drug-likeness (QED) is 0.568. The van der Waals surface area contributed by atoms with Crippen molar-refractivity contribution >= 4 is 17.5 Å². The van der Waals surface area contributed by atoms with E-state index in [1.54, 1.807) is 27.9 Å². The maximum atomic E-state index is 13.1. The number of methoxy groups -OCH3 is 2. The van der Waals surface area contributed by atoms with E-state index >= 15 is 0 Å². The molecule has 0 radical (unpaired) electrons. The Balaban J connectivity index is 1.47. The van der Waals surface area contributed by atoms with Crippen molar-refractivity contribution in [2.75, 3.05) is 32.6 Å². The molecule has 4 rings (SSSR count). The second kappa shape index (κ2) is 10.2. The Morgan fingerprint density at radius 3 is 2.42 bits per heavy atom. The Kier molecular flexibility index (Phi) is 6.92. The first-order valence-electron chi connectivity index (χ1n) is 11.0. The molecule has 2 aromatic carbocycles. The number of hydrogen-bond acceptors (Lipinski definition) is 5. The minimum atomic E-state index is -0.190. The molecule has 1 N–H and O–H groups in total. The molecule has 1 fully saturated rings. The second-order valence-electron chi connectivity index (χ2n) is 7.93. The van der Waals surface area contributed by atoms with Crippen LogP contribution in [-0.4, -0.2) is 53.8 Å². The molecular formula is C25H28N4O4. The highest BCUT2D eigenvalue weighted by Crippen LogP contribution is 2.34. The number of carbonyl (C=O) groups is 2. The van der Waals surface area contributed by atoms with Crippen molar-refractivity contribution in [3.63, 3.8) is 0 Å². The van der Waals surface area contributed by atoms with Crippen molar-refractivity contribution < 1.29 is 19.1 Å². The molecule has 1 aliphatic rings. The van der Waals surface area contributed by atoms with E-state index in [1.807, 2.05) is 36.5 Å². The lowest BCUT2D eigenvalue weighted by Gasteiger charge is -2.20. The summed E-state index contributed by atoms with van der Waals surface area (Å²) >= 11 is 0. The molecule has 0 atom stereocenters. The van der Waals surface area contributed by atoms with Crippen LogP contribution in [0.3, 0.4) is 0 Å². The van der Waals surface area contributed by atoms with Gasteiger partial charge in [-0.05, 0) is 43.0 Å². The van der Waals surface area contributed by atoms with E-state index < -0.39 is 0 Å². The lowest BCUT2D eigenvalue weighted by Crippen LogP contribution is -2.29. The van der Waals surface area contributed by atoms with Gasteiger partial charge in [0.15, 0.2) is 11.5 Å². The molecule has 1 saturated heterocycles. The van der Waals surface area contributed by atoms with Crippen LogP contribution in [0.15, 0.2) is 54.9 Å². The number of benzene rings is 2. The Bertz CT molecular complexity index is 1120. The fourth-order valence-electron chi connectivity index (χ4n) is 3.93. The van der Waals surface area contributed by atoms with Crippen LogP contribution in [0.4, 0.5) is 5.69 Å². The van der Waals surface area contributed by atoms with E-state index in [0.29, 0.717) is 42.3 Å². The summed E-state index contributed by atoms with van der Waals surface area (Å²) in [6.45, 7) is 1.43. The lowest BCUT2D eigenvalue weighted by molar-refractivity contribution is -0.116. The normalized spacial score (nSPS) is 13.1. The molecule has 0 aliphatic carbocycles. The third-order valence-electron chi connectivity index (χ3n) is 5.72. The number of nitrogens with one attached hydrogen (secondary N) is 1. The molecule has 0 bridgehead atoms. The minimum Gasteiger partial charge on any atom is -0.493 e. The van der Waals surface area contributed by atoms with Crippen molar-refractivity contribution in [1.29, 1.82) is 0 Å². The van der Waals surface area contributed by atoms with Crippen LogP contribution in [0.1, 0.15) is 35.2 Å². The van der Waals surface area contributed by atoms with Crippen LogP contribution in [0.25, 0.3) is 5.69 Å². The fourth-order valence-corrected chi connectivity index (χ4v) is 3.93. The molecule has 0 unspecified atom stereocenters. The largest absolute Gasteiger partial charge is 0.493 e. The number of likely N-dealkylation sites (tertiary alicyclic amines) is 1. The number of aryl methyl sites for hydroxylation is 1. The van der Waals surface area contributed by atoms with Gasteiger partial charge in [0.25, 0.3) is 5.91 Å². The molecule has 1 aromatic heterocycles. The Labute approximate surface area is 193 Å². The topological polar surface area (TPSA) is 85.7 Å². The fraction of sp³-hybridized carbons (Fsp3) is 0.320. The number of para-hydroxylation sites is 1. The van der Waals surface area contributed by atoms with Gasteiger partial charge in [-0.15, -0.1) is 0 Å². The van der Waals surface area contributed by atoms with Crippen LogP contribution in [-0.2, 0) is 11.2 Å². The van der Waals surface area contributed by atoms with Crippen LogP contribution in [0.2, 0.25) is 0 Å². The summed E-state index contributed by atoms with van der Waals surface area (Å²) in [7, 11) is 3.05. The number of ether oxygens (including phenoxy) is 2. The summed E-state index contributed by atoms with van der Waals surface area (Å²) in [6.07, 6.45) is 6.43. The highest BCUT2D eigenvalue weighted by molar-refractivity contribution is 6.04. The Morgan fingerprint density at radius 2 is 1.73 bits per heavy atom. The maximum Gasteiger partial charge on any atom is 0.256 e. The first-order valence-corrected chi connectivity index (χ1v) is 11.0. The first kappa shape index (κ1) is 22.4. The lowest BCUT2D eigenvalue weighted by atomic mass is 10.1. The third-order valence-corrected chi connectivity index (χ3v) is 5.72. The van der Waals surface area contributed by atoms with E-state index in [9.17, 15) is 9.59 Å². The molecule has 2 heterocycles. The number of nitrogens with zero attached hydrogens (tertiary/aromatic N) is 3. The number of aromatic nitrogens is 2. The van der Waals surface area contributed by atoms with Gasteiger partial charge in [-0.3, -0.25) is 9.59 Å². The average Bonchev–Trinajstić information content (AvgIpc) is 3.55. The molecule has 8 heteroatoms. The predicted octanol–water partition coefficient (Wildman–Crippen LogP) is 3.70. The number of anilines is 1. The number of hydrogen-bond donors (Lipinski definition) is 1. The highest BCUT2D eigenvalue weighted by atomic mass is 16.5. The summed E-state index contributed by atoms with van der Waals surface area (Å²) in [5, 5.41) is 7.28. The number of carbonyl (C=O) groups excluding carboxylic acids is 2. The van der Waals surface area contributed by atoms with Crippen LogP contribution in [0, 0.1) is 0 Å². The Hall–Kier alpha value is -3.81. The van der Waals surface area contributed by atoms with Gasteiger partial charge in [-0.25, -0.2) is 4.68 Å². The van der Waals surface area contributed by atoms with E-state index in [0.717, 1.165) is 24.1 Å². The van der Waals surface area contributed by atoms with Gasteiger partial charge >= 0.3 is 0 Å². The summed E-state index contributed by atoms with van der Waals surface area (Å²) in [6, 6.07) is 13.1. The number of amides is 2. The van der Waals surface area contributed by atoms with Crippen molar-refractivity contribution in [2.45, 2.75) is 25.7 Å². The SMILES string of the molecule is COc1cc(NC(=O)CCc2cnn(-c3ccccc3)c2)c(C(=O)N2CCCC2)cc1OC. The zero-order valence-corrected chi connectivity index (χ0v) is 18.9. The first-order chi connectivity index (χ1) is 16.1. The molecule has 2 amide bonds. The average molecular weight is 449 g/mol. The highest BCUT2D eigenvalue weighted by Gasteiger charge is 2.25. The zero-order chi connectivity index (χ0) is 23.2. The minimum absolute atomic E-state index is 0.118. The summed E-state index contributed by atoms with van der Waals surface area (Å²) in [5.74, 6) is 0.597. The molecule has 8 nitrogen and oxygen atoms in total. The van der Waals surface area contributed by atoms with Gasteiger partial charge in [0.1, 0.15) is 0 Å². The van der Waals surface area contributed by atoms with Crippen molar-refractivity contribution in [2.24, 2.45) is 0 Å². The molecule has 3 aromatic rings. The van der Waals surface area contributed by atoms with E-state index in [-0.39, 0.29) is 18.2 Å². The predicted molar refractivity (Wildman–Crippen MR) is 125 cm³/mol. The third kappa shape index (κ3) is 5.16. The summed E-state index contributed by atoms with van der Waals surface area (Å²) in [5.41, 5.74) is 2.74. The van der Waals surface area contributed by atoms with Gasteiger partial charge in [0.2, 0.25) is 5.91 Å². The van der Waals surface area contributed by atoms with Crippen molar-refractivity contribution in [3.8, 4) is 17.2 Å². The van der Waals surface area contributed by atoms with Crippen LogP contribution < -0.4 is 14.8 Å². The van der Waals surface area contributed by atoms with Crippen molar-refractivity contribution in [1.82, 2.24) is 14.7 Å². The second-order valence-corrected chi connectivity index (χ2v) is 7.93. The van der Waals surface area contributed by atoms with Crippen LogP contribution in [0.5, 0.6) is 11.5 Å². The molecule has 1 aliphatic heterocycles. The van der Waals surface area contributed by atoms with Gasteiger partial charge in [0, 0.05) is 31.8 Å². The molecule has 0 spiro atoms. The Morgan fingerprint density at radius 1 is 1.03 bits per heavy atom. The smallest absolute Gasteiger partial charge is 0.256 e. The van der Waals surface area contributed by atoms with Gasteiger partial charge in [-0.1, -0.05) is 18.2 Å². The monoisotopic (exact) mass is 448 g/mol.